The molecule has 0 amide bonds. The number of rotatable bonds is 9. The predicted octanol–water partition coefficient (Wildman–Crippen LogP) is 4.92. The van der Waals surface area contributed by atoms with Crippen molar-refractivity contribution in [3.8, 4) is 11.1 Å². The van der Waals surface area contributed by atoms with Crippen LogP contribution in [0.1, 0.15) is 22.8 Å². The first kappa shape index (κ1) is 23.9. The Labute approximate surface area is 187 Å². The van der Waals surface area contributed by atoms with Crippen molar-refractivity contribution in [2.45, 2.75) is 18.9 Å². The summed E-state index contributed by atoms with van der Waals surface area (Å²) in [6.45, 7) is 1.22. The molecule has 0 fully saturated rings. The molecule has 30 heavy (non-hydrogen) atoms. The number of carbonyl (C=O) groups is 1. The van der Waals surface area contributed by atoms with Crippen molar-refractivity contribution < 1.29 is 15.0 Å². The minimum atomic E-state index is -0.828. The van der Waals surface area contributed by atoms with Gasteiger partial charge in [0.05, 0.1) is 12.5 Å². The number of hydrogen-bond acceptors (Lipinski definition) is 3. The van der Waals surface area contributed by atoms with Gasteiger partial charge in [-0.05, 0) is 52.9 Å². The van der Waals surface area contributed by atoms with E-state index >= 15 is 0 Å². The highest BCUT2D eigenvalue weighted by Gasteiger charge is 2.07. The van der Waals surface area contributed by atoms with Crippen molar-refractivity contribution in [2.75, 3.05) is 13.1 Å². The van der Waals surface area contributed by atoms with Crippen LogP contribution in [0.4, 0.5) is 0 Å². The fourth-order valence-corrected chi connectivity index (χ4v) is 3.40. The lowest BCUT2D eigenvalue weighted by Gasteiger charge is -2.12. The van der Waals surface area contributed by atoms with E-state index in [0.29, 0.717) is 11.6 Å². The Balaban J connectivity index is 0.00000320. The van der Waals surface area contributed by atoms with Crippen LogP contribution in [0, 0.1) is 0 Å². The SMILES string of the molecule is Cl.O=C(O)Cc1cccc(-c2ccc(CCNC[C@H](O)c3cccc(Cl)c3)cc2)c1. The number of halogens is 2. The van der Waals surface area contributed by atoms with Crippen molar-refractivity contribution in [1.82, 2.24) is 5.32 Å². The standard InChI is InChI=1S/C24H24ClNO3.ClH/c25-22-6-2-5-21(15-22)23(27)16-26-12-11-17-7-9-19(10-8-17)20-4-1-3-18(13-20)14-24(28)29;/h1-10,13,15,23,26-27H,11-12,14,16H2,(H,28,29);1H/t23-;/m0./s1. The number of hydrogen-bond donors (Lipinski definition) is 3. The zero-order valence-electron chi connectivity index (χ0n) is 16.4. The van der Waals surface area contributed by atoms with Gasteiger partial charge in [-0.25, -0.2) is 0 Å². The second kappa shape index (κ2) is 11.7. The fraction of sp³-hybridized carbons (Fsp3) is 0.208. The van der Waals surface area contributed by atoms with Gasteiger partial charge in [0, 0.05) is 11.6 Å². The molecule has 3 N–H and O–H groups in total. The third kappa shape index (κ3) is 7.15. The topological polar surface area (TPSA) is 69.6 Å². The van der Waals surface area contributed by atoms with Crippen LogP contribution in [-0.4, -0.2) is 29.3 Å². The Morgan fingerprint density at radius 2 is 1.67 bits per heavy atom. The molecule has 0 aromatic heterocycles. The summed E-state index contributed by atoms with van der Waals surface area (Å²) in [5, 5.41) is 23.1. The molecule has 6 heteroatoms. The summed E-state index contributed by atoms with van der Waals surface area (Å²) < 4.78 is 0. The van der Waals surface area contributed by atoms with Crippen molar-refractivity contribution >= 4 is 30.0 Å². The van der Waals surface area contributed by atoms with Crippen LogP contribution in [-0.2, 0) is 17.6 Å². The highest BCUT2D eigenvalue weighted by molar-refractivity contribution is 6.30. The van der Waals surface area contributed by atoms with Crippen LogP contribution in [0.3, 0.4) is 0 Å². The summed E-state index contributed by atoms with van der Waals surface area (Å²) in [5.41, 5.74) is 4.87. The molecule has 3 aromatic rings. The summed E-state index contributed by atoms with van der Waals surface area (Å²) in [6, 6.07) is 23.1. The average molecular weight is 446 g/mol. The van der Waals surface area contributed by atoms with E-state index in [1.807, 2.05) is 36.4 Å². The minimum absolute atomic E-state index is 0. The monoisotopic (exact) mass is 445 g/mol. The molecule has 0 saturated heterocycles. The number of carboxylic acid groups (broad SMARTS) is 1. The third-order valence-corrected chi connectivity index (χ3v) is 4.97. The van der Waals surface area contributed by atoms with Gasteiger partial charge in [-0.15, -0.1) is 12.4 Å². The predicted molar refractivity (Wildman–Crippen MR) is 123 cm³/mol. The van der Waals surface area contributed by atoms with E-state index in [9.17, 15) is 9.90 Å². The lowest BCUT2D eigenvalue weighted by molar-refractivity contribution is -0.136. The van der Waals surface area contributed by atoms with Gasteiger partial charge < -0.3 is 15.5 Å². The Kier molecular flexibility index (Phi) is 9.34. The van der Waals surface area contributed by atoms with Gasteiger partial charge in [0.1, 0.15) is 0 Å². The van der Waals surface area contributed by atoms with Crippen LogP contribution < -0.4 is 5.32 Å². The minimum Gasteiger partial charge on any atom is -0.481 e. The highest BCUT2D eigenvalue weighted by atomic mass is 35.5. The van der Waals surface area contributed by atoms with Crippen molar-refractivity contribution in [3.63, 3.8) is 0 Å². The molecule has 0 aliphatic carbocycles. The van der Waals surface area contributed by atoms with Crippen LogP contribution in [0.5, 0.6) is 0 Å². The molecule has 0 spiro atoms. The summed E-state index contributed by atoms with van der Waals surface area (Å²) in [6.07, 6.45) is 0.286. The summed E-state index contributed by atoms with van der Waals surface area (Å²) in [7, 11) is 0. The Morgan fingerprint density at radius 1 is 0.933 bits per heavy atom. The van der Waals surface area contributed by atoms with Gasteiger partial charge in [0.2, 0.25) is 0 Å². The molecule has 0 aliphatic rings. The van der Waals surface area contributed by atoms with Crippen molar-refractivity contribution in [1.29, 1.82) is 0 Å². The molecule has 0 unspecified atom stereocenters. The average Bonchev–Trinajstić information content (AvgIpc) is 2.71. The van der Waals surface area contributed by atoms with Gasteiger partial charge >= 0.3 is 5.97 Å². The summed E-state index contributed by atoms with van der Waals surface area (Å²) in [5.74, 6) is -0.828. The molecule has 0 saturated carbocycles. The lowest BCUT2D eigenvalue weighted by Crippen LogP contribution is -2.23. The zero-order valence-corrected chi connectivity index (χ0v) is 18.0. The van der Waals surface area contributed by atoms with Gasteiger partial charge in [0.15, 0.2) is 0 Å². The van der Waals surface area contributed by atoms with Crippen LogP contribution >= 0.6 is 24.0 Å². The Bertz CT molecular complexity index is 961. The number of nitrogens with one attached hydrogen (secondary N) is 1. The van der Waals surface area contributed by atoms with E-state index in [1.54, 1.807) is 12.1 Å². The van der Waals surface area contributed by atoms with Crippen LogP contribution in [0.15, 0.2) is 72.8 Å². The Morgan fingerprint density at radius 3 is 2.37 bits per heavy atom. The van der Waals surface area contributed by atoms with E-state index in [4.69, 9.17) is 16.7 Å². The van der Waals surface area contributed by atoms with E-state index in [0.717, 1.165) is 35.2 Å². The highest BCUT2D eigenvalue weighted by Crippen LogP contribution is 2.22. The van der Waals surface area contributed by atoms with E-state index in [-0.39, 0.29) is 18.8 Å². The van der Waals surface area contributed by atoms with Gasteiger partial charge in [-0.2, -0.15) is 0 Å². The summed E-state index contributed by atoms with van der Waals surface area (Å²) in [4.78, 5) is 10.9. The first-order chi connectivity index (χ1) is 14.0. The third-order valence-electron chi connectivity index (χ3n) is 4.73. The number of aliphatic hydroxyl groups is 1. The molecule has 3 rings (SSSR count). The maximum absolute atomic E-state index is 10.9. The lowest BCUT2D eigenvalue weighted by atomic mass is 10.00. The molecule has 158 valence electrons. The smallest absolute Gasteiger partial charge is 0.307 e. The second-order valence-corrected chi connectivity index (χ2v) is 7.43. The molecule has 4 nitrogen and oxygen atoms in total. The number of carboxylic acids is 1. The number of aliphatic hydroxyl groups excluding tert-OH is 1. The molecule has 0 heterocycles. The quantitative estimate of drug-likeness (QED) is 0.408. The number of aliphatic carboxylic acids is 1. The molecule has 0 aliphatic heterocycles. The molecular formula is C24H25Cl2NO3. The summed E-state index contributed by atoms with van der Waals surface area (Å²) >= 11 is 5.96. The first-order valence-electron chi connectivity index (χ1n) is 9.55. The fourth-order valence-electron chi connectivity index (χ4n) is 3.20. The molecular weight excluding hydrogens is 421 g/mol. The second-order valence-electron chi connectivity index (χ2n) is 6.99. The van der Waals surface area contributed by atoms with Crippen LogP contribution in [0.2, 0.25) is 5.02 Å². The first-order valence-corrected chi connectivity index (χ1v) is 9.93. The molecule has 3 aromatic carbocycles. The van der Waals surface area contributed by atoms with Gasteiger partial charge in [-0.3, -0.25) is 4.79 Å². The van der Waals surface area contributed by atoms with Gasteiger partial charge in [0.25, 0.3) is 0 Å². The van der Waals surface area contributed by atoms with Crippen molar-refractivity contribution in [3.05, 3.63) is 94.5 Å². The number of benzene rings is 3. The zero-order chi connectivity index (χ0) is 20.6. The van der Waals surface area contributed by atoms with Crippen LogP contribution in [0.25, 0.3) is 11.1 Å². The normalized spacial score (nSPS) is 11.5. The van der Waals surface area contributed by atoms with E-state index in [2.05, 4.69) is 29.6 Å². The molecule has 0 bridgehead atoms. The molecule has 0 radical (unpaired) electrons. The van der Waals surface area contributed by atoms with E-state index < -0.39 is 12.1 Å². The van der Waals surface area contributed by atoms with Gasteiger partial charge in [-0.1, -0.05) is 72.3 Å². The maximum Gasteiger partial charge on any atom is 0.307 e. The van der Waals surface area contributed by atoms with Crippen molar-refractivity contribution in [2.24, 2.45) is 0 Å². The molecule has 1 atom stereocenters. The Hall–Kier alpha value is -2.37. The van der Waals surface area contributed by atoms with E-state index in [1.165, 1.54) is 5.56 Å². The largest absolute Gasteiger partial charge is 0.481 e. The maximum atomic E-state index is 10.9.